The van der Waals surface area contributed by atoms with E-state index in [2.05, 4.69) is 26.1 Å². The summed E-state index contributed by atoms with van der Waals surface area (Å²) in [5.74, 6) is 0.568. The Morgan fingerprint density at radius 2 is 1.69 bits per heavy atom. The zero-order valence-corrected chi connectivity index (χ0v) is 9.14. The Morgan fingerprint density at radius 3 is 2.08 bits per heavy atom. The minimum absolute atomic E-state index is 0.233. The highest BCUT2D eigenvalue weighted by molar-refractivity contribution is 4.82. The predicted octanol–water partition coefficient (Wildman–Crippen LogP) is 1.93. The molecular weight excluding hydrogens is 162 g/mol. The van der Waals surface area contributed by atoms with Gasteiger partial charge < -0.3 is 10.4 Å². The third kappa shape index (κ3) is 4.10. The van der Waals surface area contributed by atoms with Crippen LogP contribution >= 0.6 is 0 Å². The van der Waals surface area contributed by atoms with Gasteiger partial charge in [0.05, 0.1) is 0 Å². The molecule has 2 nitrogen and oxygen atoms in total. The maximum atomic E-state index is 8.99. The first-order valence-corrected chi connectivity index (χ1v) is 5.40. The van der Waals surface area contributed by atoms with E-state index in [1.807, 2.05) is 0 Å². The third-order valence-corrected chi connectivity index (χ3v) is 2.74. The minimum atomic E-state index is 0.233. The fraction of sp³-hybridized carbons (Fsp3) is 1.00. The zero-order chi connectivity index (χ0) is 9.90. The third-order valence-electron chi connectivity index (χ3n) is 2.74. The van der Waals surface area contributed by atoms with E-state index in [1.165, 1.54) is 25.7 Å². The molecule has 0 aliphatic heterocycles. The maximum absolute atomic E-state index is 8.99. The van der Waals surface area contributed by atoms with Crippen LogP contribution in [-0.2, 0) is 0 Å². The largest absolute Gasteiger partial charge is 0.396 e. The van der Waals surface area contributed by atoms with Crippen molar-refractivity contribution in [2.24, 2.45) is 5.92 Å². The number of rotatable bonds is 2. The molecule has 0 aromatic carbocycles. The van der Waals surface area contributed by atoms with Crippen molar-refractivity contribution in [3.8, 4) is 0 Å². The van der Waals surface area contributed by atoms with Crippen molar-refractivity contribution in [3.05, 3.63) is 0 Å². The van der Waals surface area contributed by atoms with Crippen LogP contribution in [-0.4, -0.2) is 23.3 Å². The molecule has 1 saturated carbocycles. The second-order valence-electron chi connectivity index (χ2n) is 5.29. The van der Waals surface area contributed by atoms with Crippen LogP contribution in [0.25, 0.3) is 0 Å². The summed E-state index contributed by atoms with van der Waals surface area (Å²) in [6.07, 6.45) is 4.82. The van der Waals surface area contributed by atoms with Gasteiger partial charge in [-0.15, -0.1) is 0 Å². The van der Waals surface area contributed by atoms with Gasteiger partial charge in [0, 0.05) is 18.2 Å². The highest BCUT2D eigenvalue weighted by atomic mass is 16.3. The number of aliphatic hydroxyl groups is 1. The quantitative estimate of drug-likeness (QED) is 0.689. The molecule has 0 aromatic heterocycles. The van der Waals surface area contributed by atoms with Crippen LogP contribution in [0.2, 0.25) is 0 Å². The molecular formula is C11H23NO. The molecule has 13 heavy (non-hydrogen) atoms. The molecule has 1 fully saturated rings. The van der Waals surface area contributed by atoms with Gasteiger partial charge in [-0.1, -0.05) is 0 Å². The fourth-order valence-corrected chi connectivity index (χ4v) is 2.10. The van der Waals surface area contributed by atoms with Gasteiger partial charge in [0.25, 0.3) is 0 Å². The summed E-state index contributed by atoms with van der Waals surface area (Å²) >= 11 is 0. The lowest BCUT2D eigenvalue weighted by atomic mass is 9.85. The van der Waals surface area contributed by atoms with E-state index in [0.717, 1.165) is 0 Å². The maximum Gasteiger partial charge on any atom is 0.0459 e. The molecule has 2 heteroatoms. The monoisotopic (exact) mass is 185 g/mol. The van der Waals surface area contributed by atoms with Crippen molar-refractivity contribution in [1.82, 2.24) is 5.32 Å². The molecule has 0 saturated heterocycles. The van der Waals surface area contributed by atoms with Crippen molar-refractivity contribution in [2.45, 2.75) is 58.0 Å². The van der Waals surface area contributed by atoms with Crippen molar-refractivity contribution < 1.29 is 5.11 Å². The molecule has 0 amide bonds. The molecule has 1 rings (SSSR count). The number of aliphatic hydroxyl groups excluding tert-OH is 1. The molecule has 0 spiro atoms. The molecule has 1 aliphatic rings. The Labute approximate surface area is 81.7 Å². The van der Waals surface area contributed by atoms with Crippen LogP contribution in [0.1, 0.15) is 46.5 Å². The van der Waals surface area contributed by atoms with E-state index in [4.69, 9.17) is 5.11 Å². The molecule has 0 radical (unpaired) electrons. The molecule has 0 aromatic rings. The van der Waals surface area contributed by atoms with Crippen LogP contribution in [0.3, 0.4) is 0 Å². The Hall–Kier alpha value is -0.0800. The standard InChI is InChI=1S/C11H23NO/c1-11(2,3)12-10-6-4-9(8-13)5-7-10/h9-10,12-13H,4-8H2,1-3H3. The number of hydrogen-bond acceptors (Lipinski definition) is 2. The van der Waals surface area contributed by atoms with E-state index >= 15 is 0 Å². The Kier molecular flexibility index (Phi) is 3.74. The summed E-state index contributed by atoms with van der Waals surface area (Å²) in [4.78, 5) is 0. The predicted molar refractivity (Wildman–Crippen MR) is 55.7 cm³/mol. The average Bonchev–Trinajstić information content (AvgIpc) is 2.03. The van der Waals surface area contributed by atoms with Crippen molar-refractivity contribution in [3.63, 3.8) is 0 Å². The normalized spacial score (nSPS) is 30.5. The topological polar surface area (TPSA) is 32.3 Å². The van der Waals surface area contributed by atoms with Gasteiger partial charge in [-0.25, -0.2) is 0 Å². The van der Waals surface area contributed by atoms with Crippen LogP contribution in [0.4, 0.5) is 0 Å². The van der Waals surface area contributed by atoms with Crippen LogP contribution in [0.5, 0.6) is 0 Å². The van der Waals surface area contributed by atoms with E-state index in [0.29, 0.717) is 18.6 Å². The average molecular weight is 185 g/mol. The van der Waals surface area contributed by atoms with E-state index in [9.17, 15) is 0 Å². The van der Waals surface area contributed by atoms with Gasteiger partial charge in [-0.2, -0.15) is 0 Å². The lowest BCUT2D eigenvalue weighted by Gasteiger charge is -2.33. The van der Waals surface area contributed by atoms with Crippen molar-refractivity contribution in [2.75, 3.05) is 6.61 Å². The lowest BCUT2D eigenvalue weighted by molar-refractivity contribution is 0.166. The smallest absolute Gasteiger partial charge is 0.0459 e. The summed E-state index contributed by atoms with van der Waals surface area (Å²) in [6.45, 7) is 7.02. The SMILES string of the molecule is CC(C)(C)NC1CCC(CO)CC1. The molecule has 0 bridgehead atoms. The van der Waals surface area contributed by atoms with Gasteiger partial charge in [-0.05, 0) is 52.4 Å². The van der Waals surface area contributed by atoms with Gasteiger partial charge >= 0.3 is 0 Å². The first-order valence-electron chi connectivity index (χ1n) is 5.40. The second-order valence-corrected chi connectivity index (χ2v) is 5.29. The Balaban J connectivity index is 2.25. The summed E-state index contributed by atoms with van der Waals surface area (Å²) in [6, 6.07) is 0.669. The first kappa shape index (κ1) is 11.0. The van der Waals surface area contributed by atoms with E-state index < -0.39 is 0 Å². The highest BCUT2D eigenvalue weighted by Gasteiger charge is 2.23. The summed E-state index contributed by atoms with van der Waals surface area (Å²) in [7, 11) is 0. The molecule has 0 unspecified atom stereocenters. The number of nitrogens with one attached hydrogen (secondary N) is 1. The molecule has 2 N–H and O–H groups in total. The summed E-state index contributed by atoms with van der Waals surface area (Å²) < 4.78 is 0. The van der Waals surface area contributed by atoms with Crippen molar-refractivity contribution >= 4 is 0 Å². The molecule has 0 heterocycles. The molecule has 78 valence electrons. The zero-order valence-electron chi connectivity index (χ0n) is 9.14. The summed E-state index contributed by atoms with van der Waals surface area (Å²) in [5.41, 5.74) is 0.233. The lowest BCUT2D eigenvalue weighted by Crippen LogP contribution is -2.45. The fourth-order valence-electron chi connectivity index (χ4n) is 2.10. The molecule has 1 aliphatic carbocycles. The number of hydrogen-bond donors (Lipinski definition) is 2. The second kappa shape index (κ2) is 4.43. The van der Waals surface area contributed by atoms with Crippen molar-refractivity contribution in [1.29, 1.82) is 0 Å². The van der Waals surface area contributed by atoms with Gasteiger partial charge in [0.2, 0.25) is 0 Å². The summed E-state index contributed by atoms with van der Waals surface area (Å²) in [5, 5.41) is 12.6. The van der Waals surface area contributed by atoms with Gasteiger partial charge in [-0.3, -0.25) is 0 Å². The van der Waals surface area contributed by atoms with Gasteiger partial charge in [0.15, 0.2) is 0 Å². The minimum Gasteiger partial charge on any atom is -0.396 e. The Bertz CT molecular complexity index is 143. The van der Waals surface area contributed by atoms with Crippen LogP contribution < -0.4 is 5.32 Å². The van der Waals surface area contributed by atoms with E-state index in [-0.39, 0.29) is 5.54 Å². The first-order chi connectivity index (χ1) is 6.01. The van der Waals surface area contributed by atoms with E-state index in [1.54, 1.807) is 0 Å². The van der Waals surface area contributed by atoms with Gasteiger partial charge in [0.1, 0.15) is 0 Å². The highest BCUT2D eigenvalue weighted by Crippen LogP contribution is 2.24. The molecule has 0 atom stereocenters. The van der Waals surface area contributed by atoms with Crippen LogP contribution in [0.15, 0.2) is 0 Å². The van der Waals surface area contributed by atoms with Crippen LogP contribution in [0, 0.1) is 5.92 Å². The Morgan fingerprint density at radius 1 is 1.15 bits per heavy atom.